The summed E-state index contributed by atoms with van der Waals surface area (Å²) >= 11 is 0. The molecule has 2 aliphatic heterocycles. The van der Waals surface area contributed by atoms with Gasteiger partial charge >= 0.3 is 0 Å². The van der Waals surface area contributed by atoms with Gasteiger partial charge in [-0.2, -0.15) is 0 Å². The van der Waals surface area contributed by atoms with Gasteiger partial charge in [0.1, 0.15) is 20.1 Å². The van der Waals surface area contributed by atoms with E-state index >= 15 is 0 Å². The predicted octanol–water partition coefficient (Wildman–Crippen LogP) is -1.26. The molecule has 0 bridgehead atoms. The third kappa shape index (κ3) is 1.01. The molecule has 0 aromatic rings. The van der Waals surface area contributed by atoms with Gasteiger partial charge in [-0.15, -0.1) is 0 Å². The van der Waals surface area contributed by atoms with Gasteiger partial charge in [0.05, 0.1) is 18.7 Å². The normalized spacial score (nSPS) is 56.4. The number of aliphatic hydroxyl groups excluding tert-OH is 1. The van der Waals surface area contributed by atoms with Crippen LogP contribution in [0.25, 0.3) is 0 Å². The lowest BCUT2D eigenvalue weighted by Gasteiger charge is -2.11. The molecule has 5 atom stereocenters. The maximum Gasteiger partial charge on any atom is 0.142 e. The number of aliphatic hydroxyl groups is 1. The second-order valence-electron chi connectivity index (χ2n) is 3.57. The van der Waals surface area contributed by atoms with Gasteiger partial charge in [-0.1, -0.05) is 6.92 Å². The number of hydrogen-bond acceptors (Lipinski definition) is 3. The molecular formula is C7H13BO3. The maximum atomic E-state index is 9.54. The minimum atomic E-state index is -0.426. The lowest BCUT2D eigenvalue weighted by atomic mass is 9.92. The van der Waals surface area contributed by atoms with Gasteiger partial charge in [-0.05, 0) is 0 Å². The first-order valence-electron chi connectivity index (χ1n) is 4.15. The quantitative estimate of drug-likeness (QED) is 0.445. The molecule has 62 valence electrons. The van der Waals surface area contributed by atoms with Crippen molar-refractivity contribution in [2.45, 2.75) is 31.2 Å². The molecule has 2 rings (SSSR count). The molecule has 1 N–H and O–H groups in total. The maximum absolute atomic E-state index is 9.54. The van der Waals surface area contributed by atoms with Crippen LogP contribution in [0, 0.1) is 5.92 Å². The van der Waals surface area contributed by atoms with Crippen molar-refractivity contribution in [3.8, 4) is 0 Å². The Kier molecular flexibility index (Phi) is 1.70. The van der Waals surface area contributed by atoms with Crippen LogP contribution in [-0.2, 0) is 9.47 Å². The molecule has 2 aliphatic rings. The van der Waals surface area contributed by atoms with Crippen molar-refractivity contribution < 1.29 is 14.6 Å². The van der Waals surface area contributed by atoms with Gasteiger partial charge in [0.15, 0.2) is 0 Å². The second kappa shape index (κ2) is 2.47. The summed E-state index contributed by atoms with van der Waals surface area (Å²) in [7, 11) is 1.89. The summed E-state index contributed by atoms with van der Waals surface area (Å²) in [5, 5.41) is 9.54. The van der Waals surface area contributed by atoms with Crippen LogP contribution in [0.2, 0.25) is 0 Å². The summed E-state index contributed by atoms with van der Waals surface area (Å²) in [6.07, 6.45) is -0.370. The van der Waals surface area contributed by atoms with E-state index < -0.39 is 6.10 Å². The van der Waals surface area contributed by atoms with Crippen LogP contribution in [0.4, 0.5) is 0 Å². The van der Waals surface area contributed by atoms with Crippen molar-refractivity contribution in [2.75, 3.05) is 6.61 Å². The minimum Gasteiger partial charge on any atom is -0.388 e. The van der Waals surface area contributed by atoms with Crippen LogP contribution >= 0.6 is 0 Å². The predicted molar refractivity (Wildman–Crippen MR) is 42.1 cm³/mol. The zero-order valence-electron chi connectivity index (χ0n) is 6.86. The number of ether oxygens (including phenoxy) is 2. The van der Waals surface area contributed by atoms with Crippen molar-refractivity contribution >= 4 is 7.85 Å². The zero-order valence-corrected chi connectivity index (χ0v) is 6.86. The molecule has 2 fully saturated rings. The van der Waals surface area contributed by atoms with Gasteiger partial charge in [0.2, 0.25) is 0 Å². The summed E-state index contributed by atoms with van der Waals surface area (Å²) in [5.41, 5.74) is 0. The highest BCUT2D eigenvalue weighted by Gasteiger charge is 2.48. The van der Waals surface area contributed by atoms with Gasteiger partial charge in [-0.3, -0.25) is 0 Å². The van der Waals surface area contributed by atoms with Crippen LogP contribution in [0.5, 0.6) is 0 Å². The van der Waals surface area contributed by atoms with Gasteiger partial charge in [0.25, 0.3) is 0 Å². The van der Waals surface area contributed by atoms with E-state index in [2.05, 4.69) is 6.92 Å². The Balaban J connectivity index is 2.12. The van der Waals surface area contributed by atoms with Crippen molar-refractivity contribution in [1.82, 2.24) is 0 Å². The highest BCUT2D eigenvalue weighted by Crippen LogP contribution is 2.33. The van der Waals surface area contributed by atoms with Gasteiger partial charge in [0, 0.05) is 5.92 Å². The zero-order chi connectivity index (χ0) is 8.01. The third-order valence-corrected chi connectivity index (χ3v) is 2.63. The molecule has 0 aliphatic carbocycles. The second-order valence-corrected chi connectivity index (χ2v) is 3.57. The summed E-state index contributed by atoms with van der Waals surface area (Å²) in [5.74, 6) is 0.430. The Morgan fingerprint density at radius 3 is 2.82 bits per heavy atom. The highest BCUT2D eigenvalue weighted by atomic mass is 16.6. The Morgan fingerprint density at radius 1 is 1.45 bits per heavy atom. The lowest BCUT2D eigenvalue weighted by molar-refractivity contribution is 0.00946. The number of hydrogen-bond donors (Lipinski definition) is 1. The Hall–Kier alpha value is -0.0551. The van der Waals surface area contributed by atoms with Gasteiger partial charge in [-0.25, -0.2) is 0 Å². The largest absolute Gasteiger partial charge is 0.388 e. The number of rotatable bonds is 0. The first-order valence-corrected chi connectivity index (χ1v) is 4.15. The molecule has 3 nitrogen and oxygen atoms in total. The Labute approximate surface area is 67.1 Å². The van der Waals surface area contributed by atoms with Crippen molar-refractivity contribution in [1.29, 1.82) is 0 Å². The molecule has 11 heavy (non-hydrogen) atoms. The van der Waals surface area contributed by atoms with E-state index in [4.69, 9.17) is 9.47 Å². The summed E-state index contributed by atoms with van der Waals surface area (Å²) in [6.45, 7) is 2.81. The van der Waals surface area contributed by atoms with E-state index in [0.717, 1.165) is 6.61 Å². The first-order chi connectivity index (χ1) is 5.20. The van der Waals surface area contributed by atoms with E-state index in [9.17, 15) is 5.11 Å². The SMILES string of the molecule is B[C@@H]1OC2C(OC[C@H]2C)[C@H]1O. The van der Waals surface area contributed by atoms with E-state index in [1.807, 2.05) is 7.85 Å². The van der Waals surface area contributed by atoms with Crippen LogP contribution < -0.4 is 0 Å². The van der Waals surface area contributed by atoms with Gasteiger partial charge < -0.3 is 14.6 Å². The fourth-order valence-electron chi connectivity index (χ4n) is 1.88. The Morgan fingerprint density at radius 2 is 2.18 bits per heavy atom. The Bertz CT molecular complexity index is 164. The first kappa shape index (κ1) is 7.59. The topological polar surface area (TPSA) is 38.7 Å². The lowest BCUT2D eigenvalue weighted by Crippen LogP contribution is -2.31. The number of fused-ring (bicyclic) bond motifs is 1. The summed E-state index contributed by atoms with van der Waals surface area (Å²) < 4.78 is 10.9. The molecule has 0 radical (unpaired) electrons. The molecule has 4 heteroatoms. The molecule has 0 aromatic carbocycles. The molecule has 0 amide bonds. The standard InChI is InChI=1S/C7H13BO3/c1-3-2-10-6-4(9)7(8)11-5(3)6/h3-7,9H,2,8H2,1H3/t3-,4-,5?,6?,7-/m1/s1. The van der Waals surface area contributed by atoms with E-state index in [0.29, 0.717) is 5.92 Å². The monoisotopic (exact) mass is 156 g/mol. The van der Waals surface area contributed by atoms with Crippen molar-refractivity contribution in [3.05, 3.63) is 0 Å². The molecule has 2 heterocycles. The molecule has 0 saturated carbocycles. The fraction of sp³-hybridized carbons (Fsp3) is 1.00. The average molecular weight is 156 g/mol. The van der Waals surface area contributed by atoms with E-state index in [-0.39, 0.29) is 18.2 Å². The molecule has 0 aromatic heterocycles. The highest BCUT2D eigenvalue weighted by molar-refractivity contribution is 6.11. The van der Waals surface area contributed by atoms with Crippen LogP contribution in [-0.4, -0.2) is 43.9 Å². The minimum absolute atomic E-state index is 0.0623. The van der Waals surface area contributed by atoms with E-state index in [1.54, 1.807) is 0 Å². The van der Waals surface area contributed by atoms with Crippen molar-refractivity contribution in [2.24, 2.45) is 5.92 Å². The summed E-state index contributed by atoms with van der Waals surface area (Å²) in [4.78, 5) is 0. The van der Waals surface area contributed by atoms with E-state index in [1.165, 1.54) is 0 Å². The third-order valence-electron chi connectivity index (χ3n) is 2.63. The van der Waals surface area contributed by atoms with Crippen LogP contribution in [0.1, 0.15) is 6.92 Å². The molecular weight excluding hydrogens is 143 g/mol. The smallest absolute Gasteiger partial charge is 0.142 e. The summed E-state index contributed by atoms with van der Waals surface area (Å²) in [6, 6.07) is -0.0623. The van der Waals surface area contributed by atoms with Crippen LogP contribution in [0.3, 0.4) is 0 Å². The molecule has 0 spiro atoms. The van der Waals surface area contributed by atoms with Crippen LogP contribution in [0.15, 0.2) is 0 Å². The fourth-order valence-corrected chi connectivity index (χ4v) is 1.88. The molecule has 2 unspecified atom stereocenters. The van der Waals surface area contributed by atoms with Crippen molar-refractivity contribution in [3.63, 3.8) is 0 Å². The molecule has 2 saturated heterocycles. The average Bonchev–Trinajstić information content (AvgIpc) is 2.43.